The van der Waals surface area contributed by atoms with E-state index in [1.807, 2.05) is 35.7 Å². The van der Waals surface area contributed by atoms with Crippen LogP contribution in [0, 0.1) is 0 Å². The first-order chi connectivity index (χ1) is 10.6. The van der Waals surface area contributed by atoms with Crippen LogP contribution in [0.25, 0.3) is 5.69 Å². The van der Waals surface area contributed by atoms with E-state index in [0.717, 1.165) is 11.4 Å². The van der Waals surface area contributed by atoms with Crippen molar-refractivity contribution in [2.75, 3.05) is 5.32 Å². The molecule has 0 spiro atoms. The lowest BCUT2D eigenvalue weighted by Gasteiger charge is -2.00. The van der Waals surface area contributed by atoms with Crippen LogP contribution in [0.5, 0.6) is 0 Å². The fourth-order valence-corrected chi connectivity index (χ4v) is 2.81. The quantitative estimate of drug-likeness (QED) is 0.799. The van der Waals surface area contributed by atoms with Gasteiger partial charge in [0.25, 0.3) is 5.91 Å². The predicted molar refractivity (Wildman–Crippen MR) is 87.7 cm³/mol. The lowest BCUT2D eigenvalue weighted by Crippen LogP contribution is -2.11. The van der Waals surface area contributed by atoms with Gasteiger partial charge in [-0.3, -0.25) is 10.1 Å². The Bertz CT molecular complexity index is 776. The number of carbonyl (C=O) groups is 1. The Morgan fingerprint density at radius 2 is 2.05 bits per heavy atom. The first-order valence-corrected chi connectivity index (χ1v) is 7.88. The number of anilines is 1. The highest BCUT2D eigenvalue weighted by Crippen LogP contribution is 2.22. The van der Waals surface area contributed by atoms with E-state index in [1.165, 1.54) is 11.3 Å². The molecule has 0 saturated carbocycles. The van der Waals surface area contributed by atoms with E-state index in [-0.39, 0.29) is 5.91 Å². The lowest BCUT2D eigenvalue weighted by molar-refractivity contribution is 0.102. The minimum atomic E-state index is -0.202. The zero-order valence-corrected chi connectivity index (χ0v) is 13.2. The monoisotopic (exact) mass is 312 g/mol. The molecule has 0 aliphatic carbocycles. The number of thiazole rings is 1. The maximum atomic E-state index is 12.2. The zero-order valence-electron chi connectivity index (χ0n) is 12.4. The molecule has 3 rings (SSSR count). The van der Waals surface area contributed by atoms with Crippen molar-refractivity contribution in [1.29, 1.82) is 0 Å². The van der Waals surface area contributed by atoms with E-state index in [2.05, 4.69) is 29.2 Å². The summed E-state index contributed by atoms with van der Waals surface area (Å²) in [6, 6.07) is 9.67. The van der Waals surface area contributed by atoms with E-state index in [9.17, 15) is 4.79 Å². The molecule has 0 radical (unpaired) electrons. The zero-order chi connectivity index (χ0) is 15.5. The number of amides is 1. The number of carbonyl (C=O) groups excluding carboxylic acids is 1. The second-order valence-corrected chi connectivity index (χ2v) is 6.05. The number of benzene rings is 1. The number of hydrogen-bond donors (Lipinski definition) is 1. The predicted octanol–water partition coefficient (Wildman–Crippen LogP) is 3.70. The minimum Gasteiger partial charge on any atom is -0.298 e. The molecule has 1 aromatic carbocycles. The highest BCUT2D eigenvalue weighted by Gasteiger charge is 2.12. The van der Waals surface area contributed by atoms with Crippen molar-refractivity contribution >= 4 is 22.4 Å². The Balaban J connectivity index is 1.74. The average molecular weight is 312 g/mol. The molecule has 2 aromatic heterocycles. The van der Waals surface area contributed by atoms with Gasteiger partial charge in [-0.2, -0.15) is 5.10 Å². The molecular formula is C16H16N4OS. The smallest absolute Gasteiger partial charge is 0.260 e. The maximum absolute atomic E-state index is 12.2. The number of rotatable bonds is 4. The van der Waals surface area contributed by atoms with Gasteiger partial charge in [0.1, 0.15) is 0 Å². The summed E-state index contributed by atoms with van der Waals surface area (Å²) in [6.07, 6.45) is 3.26. The van der Waals surface area contributed by atoms with Crippen LogP contribution in [0.3, 0.4) is 0 Å². The lowest BCUT2D eigenvalue weighted by atomic mass is 10.2. The molecule has 22 heavy (non-hydrogen) atoms. The van der Waals surface area contributed by atoms with Gasteiger partial charge in [-0.15, -0.1) is 11.3 Å². The number of nitrogens with one attached hydrogen (secondary N) is 1. The largest absolute Gasteiger partial charge is 0.298 e. The number of aromatic nitrogens is 3. The summed E-state index contributed by atoms with van der Waals surface area (Å²) < 4.78 is 1.68. The Labute approximate surface area is 132 Å². The first kappa shape index (κ1) is 14.5. The van der Waals surface area contributed by atoms with Crippen LogP contribution in [0.2, 0.25) is 0 Å². The standard InChI is InChI=1S/C16H16N4OS/c1-11(2)14-10-22-16(18-14)19-15(21)12-8-17-20(9-12)13-6-4-3-5-7-13/h3-11H,1-2H3,(H,18,19,21). The average Bonchev–Trinajstić information content (AvgIpc) is 3.17. The summed E-state index contributed by atoms with van der Waals surface area (Å²) >= 11 is 1.43. The van der Waals surface area contributed by atoms with Gasteiger partial charge in [0, 0.05) is 11.6 Å². The van der Waals surface area contributed by atoms with Gasteiger partial charge in [0.05, 0.1) is 23.1 Å². The van der Waals surface area contributed by atoms with Crippen molar-refractivity contribution < 1.29 is 4.79 Å². The fraction of sp³-hybridized carbons (Fsp3) is 0.188. The summed E-state index contributed by atoms with van der Waals surface area (Å²) in [5, 5.41) is 9.61. The van der Waals surface area contributed by atoms with Crippen molar-refractivity contribution in [3.8, 4) is 5.69 Å². The van der Waals surface area contributed by atoms with Crippen molar-refractivity contribution in [1.82, 2.24) is 14.8 Å². The third kappa shape index (κ3) is 3.07. The van der Waals surface area contributed by atoms with Crippen LogP contribution >= 0.6 is 11.3 Å². The SMILES string of the molecule is CC(C)c1csc(NC(=O)c2cnn(-c3ccccc3)c2)n1. The summed E-state index contributed by atoms with van der Waals surface area (Å²) in [6.45, 7) is 4.15. The van der Waals surface area contributed by atoms with E-state index in [4.69, 9.17) is 0 Å². The topological polar surface area (TPSA) is 59.8 Å². The van der Waals surface area contributed by atoms with Crippen molar-refractivity contribution in [3.63, 3.8) is 0 Å². The fourth-order valence-electron chi connectivity index (χ4n) is 1.94. The summed E-state index contributed by atoms with van der Waals surface area (Å²) in [5.74, 6) is 0.148. The van der Waals surface area contributed by atoms with Crippen molar-refractivity contribution in [3.05, 3.63) is 59.4 Å². The van der Waals surface area contributed by atoms with Crippen LogP contribution in [0.15, 0.2) is 48.1 Å². The molecule has 6 heteroatoms. The normalized spacial score (nSPS) is 10.9. The van der Waals surface area contributed by atoms with Crippen LogP contribution in [-0.2, 0) is 0 Å². The van der Waals surface area contributed by atoms with E-state index >= 15 is 0 Å². The van der Waals surface area contributed by atoms with Gasteiger partial charge in [-0.25, -0.2) is 9.67 Å². The summed E-state index contributed by atoms with van der Waals surface area (Å²) in [4.78, 5) is 16.6. The van der Waals surface area contributed by atoms with E-state index in [0.29, 0.717) is 16.6 Å². The molecule has 0 fully saturated rings. The van der Waals surface area contributed by atoms with Gasteiger partial charge in [-0.05, 0) is 18.1 Å². The molecule has 3 aromatic rings. The number of nitrogens with zero attached hydrogens (tertiary/aromatic N) is 3. The van der Waals surface area contributed by atoms with Gasteiger partial charge < -0.3 is 0 Å². The molecule has 0 aliphatic rings. The number of para-hydroxylation sites is 1. The van der Waals surface area contributed by atoms with Crippen LogP contribution < -0.4 is 5.32 Å². The molecule has 0 atom stereocenters. The molecule has 1 amide bonds. The van der Waals surface area contributed by atoms with Crippen LogP contribution in [-0.4, -0.2) is 20.7 Å². The molecular weight excluding hydrogens is 296 g/mol. The minimum absolute atomic E-state index is 0.202. The van der Waals surface area contributed by atoms with Crippen molar-refractivity contribution in [2.24, 2.45) is 0 Å². The molecule has 2 heterocycles. The van der Waals surface area contributed by atoms with Gasteiger partial charge >= 0.3 is 0 Å². The van der Waals surface area contributed by atoms with Crippen LogP contribution in [0.4, 0.5) is 5.13 Å². The third-order valence-corrected chi connectivity index (χ3v) is 3.98. The Morgan fingerprint density at radius 1 is 1.27 bits per heavy atom. The highest BCUT2D eigenvalue weighted by molar-refractivity contribution is 7.14. The molecule has 112 valence electrons. The molecule has 0 bridgehead atoms. The van der Waals surface area contributed by atoms with Gasteiger partial charge in [-0.1, -0.05) is 32.0 Å². The van der Waals surface area contributed by atoms with E-state index < -0.39 is 0 Å². The second-order valence-electron chi connectivity index (χ2n) is 5.20. The van der Waals surface area contributed by atoms with Crippen molar-refractivity contribution in [2.45, 2.75) is 19.8 Å². The Morgan fingerprint density at radius 3 is 2.73 bits per heavy atom. The summed E-state index contributed by atoms with van der Waals surface area (Å²) in [5.41, 5.74) is 2.41. The Kier molecular flexibility index (Phi) is 4.02. The van der Waals surface area contributed by atoms with Crippen LogP contribution in [0.1, 0.15) is 35.8 Å². The third-order valence-electron chi connectivity index (χ3n) is 3.20. The molecule has 0 saturated heterocycles. The Hall–Kier alpha value is -2.47. The van der Waals surface area contributed by atoms with Gasteiger partial charge in [0.15, 0.2) is 5.13 Å². The first-order valence-electron chi connectivity index (χ1n) is 7.00. The molecule has 5 nitrogen and oxygen atoms in total. The molecule has 0 aliphatic heterocycles. The van der Waals surface area contributed by atoms with E-state index in [1.54, 1.807) is 17.1 Å². The molecule has 0 unspecified atom stereocenters. The second kappa shape index (κ2) is 6.11. The van der Waals surface area contributed by atoms with Gasteiger partial charge in [0.2, 0.25) is 0 Å². The summed E-state index contributed by atoms with van der Waals surface area (Å²) in [7, 11) is 0. The molecule has 1 N–H and O–H groups in total. The number of hydrogen-bond acceptors (Lipinski definition) is 4. The highest BCUT2D eigenvalue weighted by atomic mass is 32.1. The maximum Gasteiger partial charge on any atom is 0.260 e.